The van der Waals surface area contributed by atoms with Gasteiger partial charge in [-0.2, -0.15) is 0 Å². The van der Waals surface area contributed by atoms with Crippen LogP contribution >= 0.6 is 0 Å². The molecule has 0 unspecified atom stereocenters. The molecule has 1 atom stereocenters. The summed E-state index contributed by atoms with van der Waals surface area (Å²) in [4.78, 5) is 19.6. The number of likely N-dealkylation sites (N-methyl/N-ethyl adjacent to an activating group) is 1. The molecule has 22 heavy (non-hydrogen) atoms. The second kappa shape index (κ2) is 7.51. The lowest BCUT2D eigenvalue weighted by molar-refractivity contribution is 0.382. The van der Waals surface area contributed by atoms with Crippen molar-refractivity contribution in [2.75, 3.05) is 27.2 Å². The van der Waals surface area contributed by atoms with Crippen LogP contribution in [0.15, 0.2) is 29.1 Å². The van der Waals surface area contributed by atoms with Gasteiger partial charge < -0.3 is 10.2 Å². The maximum absolute atomic E-state index is 12.7. The van der Waals surface area contributed by atoms with Gasteiger partial charge in [0.05, 0.1) is 16.9 Å². The monoisotopic (exact) mass is 302 g/mol. The van der Waals surface area contributed by atoms with Crippen LogP contribution in [0.25, 0.3) is 10.9 Å². The summed E-state index contributed by atoms with van der Waals surface area (Å²) < 4.78 is 1.82. The molecule has 120 valence electrons. The largest absolute Gasteiger partial charge is 0.308 e. The minimum atomic E-state index is 0.0452. The molecule has 0 amide bonds. The average Bonchev–Trinajstić information content (AvgIpc) is 2.49. The smallest absolute Gasteiger partial charge is 0.261 e. The number of hydrogen-bond donors (Lipinski definition) is 1. The van der Waals surface area contributed by atoms with E-state index in [1.807, 2.05) is 42.9 Å². The standard InChI is InChI=1S/C17H26N4O/c1-5-11-21-16(13(2)18-10-12-20(3)4)19-15-9-7-6-8-14(15)17(21)22/h6-9,13,18H,5,10-12H2,1-4H3/t13-/m1/s1. The highest BCUT2D eigenvalue weighted by Crippen LogP contribution is 2.14. The number of nitrogens with zero attached hydrogens (tertiary/aromatic N) is 3. The number of benzene rings is 1. The van der Waals surface area contributed by atoms with Crippen molar-refractivity contribution in [2.24, 2.45) is 0 Å². The van der Waals surface area contributed by atoms with E-state index in [0.717, 1.165) is 30.9 Å². The molecule has 0 spiro atoms. The van der Waals surface area contributed by atoms with E-state index in [1.165, 1.54) is 0 Å². The van der Waals surface area contributed by atoms with Crippen LogP contribution in [0, 0.1) is 0 Å². The summed E-state index contributed by atoms with van der Waals surface area (Å²) >= 11 is 0. The van der Waals surface area contributed by atoms with Crippen LogP contribution in [-0.2, 0) is 6.54 Å². The Bertz CT molecular complexity index is 678. The summed E-state index contributed by atoms with van der Waals surface area (Å²) in [6.07, 6.45) is 0.914. The van der Waals surface area contributed by atoms with Gasteiger partial charge in [0, 0.05) is 19.6 Å². The first-order valence-electron chi connectivity index (χ1n) is 7.92. The molecular weight excluding hydrogens is 276 g/mol. The highest BCUT2D eigenvalue weighted by molar-refractivity contribution is 5.77. The molecule has 1 aromatic heterocycles. The number of para-hydroxylation sites is 1. The van der Waals surface area contributed by atoms with E-state index in [0.29, 0.717) is 11.9 Å². The number of rotatable bonds is 7. The van der Waals surface area contributed by atoms with E-state index >= 15 is 0 Å². The van der Waals surface area contributed by atoms with Gasteiger partial charge in [-0.3, -0.25) is 9.36 Å². The fraction of sp³-hybridized carbons (Fsp3) is 0.529. The van der Waals surface area contributed by atoms with Gasteiger partial charge in [0.25, 0.3) is 5.56 Å². The highest BCUT2D eigenvalue weighted by Gasteiger charge is 2.15. The minimum Gasteiger partial charge on any atom is -0.308 e. The zero-order valence-corrected chi connectivity index (χ0v) is 14.0. The van der Waals surface area contributed by atoms with E-state index in [-0.39, 0.29) is 11.6 Å². The summed E-state index contributed by atoms with van der Waals surface area (Å²) in [7, 11) is 4.10. The van der Waals surface area contributed by atoms with Crippen molar-refractivity contribution in [3.8, 4) is 0 Å². The molecule has 0 saturated carbocycles. The van der Waals surface area contributed by atoms with Gasteiger partial charge in [0.15, 0.2) is 0 Å². The average molecular weight is 302 g/mol. The first-order valence-corrected chi connectivity index (χ1v) is 7.92. The van der Waals surface area contributed by atoms with E-state index < -0.39 is 0 Å². The van der Waals surface area contributed by atoms with Gasteiger partial charge in [0.1, 0.15) is 5.82 Å². The molecule has 0 aliphatic carbocycles. The van der Waals surface area contributed by atoms with E-state index in [1.54, 1.807) is 0 Å². The molecule has 5 nitrogen and oxygen atoms in total. The van der Waals surface area contributed by atoms with Gasteiger partial charge in [0.2, 0.25) is 0 Å². The van der Waals surface area contributed by atoms with E-state index in [9.17, 15) is 4.79 Å². The van der Waals surface area contributed by atoms with Crippen LogP contribution in [0.1, 0.15) is 32.1 Å². The van der Waals surface area contributed by atoms with Gasteiger partial charge >= 0.3 is 0 Å². The number of aromatic nitrogens is 2. The molecule has 0 bridgehead atoms. The molecule has 0 aliphatic heterocycles. The lowest BCUT2D eigenvalue weighted by Crippen LogP contribution is -2.34. The lowest BCUT2D eigenvalue weighted by atomic mass is 10.2. The summed E-state index contributed by atoms with van der Waals surface area (Å²) in [5.74, 6) is 0.823. The van der Waals surface area contributed by atoms with E-state index in [2.05, 4.69) is 24.1 Å². The molecular formula is C17H26N4O. The molecule has 0 saturated heterocycles. The van der Waals surface area contributed by atoms with E-state index in [4.69, 9.17) is 4.98 Å². The summed E-state index contributed by atoms with van der Waals surface area (Å²) in [6.45, 7) is 6.67. The van der Waals surface area contributed by atoms with Gasteiger partial charge in [-0.25, -0.2) is 4.98 Å². The Morgan fingerprint density at radius 1 is 1.32 bits per heavy atom. The molecule has 1 N–H and O–H groups in total. The number of nitrogens with one attached hydrogen (secondary N) is 1. The topological polar surface area (TPSA) is 50.2 Å². The van der Waals surface area contributed by atoms with Crippen molar-refractivity contribution in [1.82, 2.24) is 19.8 Å². The minimum absolute atomic E-state index is 0.0452. The van der Waals surface area contributed by atoms with Crippen LogP contribution in [0.3, 0.4) is 0 Å². The summed E-state index contributed by atoms with van der Waals surface area (Å²) in [5, 5.41) is 4.15. The second-order valence-corrected chi connectivity index (χ2v) is 5.92. The molecule has 1 aromatic carbocycles. The van der Waals surface area contributed by atoms with Crippen LogP contribution in [0.4, 0.5) is 0 Å². The van der Waals surface area contributed by atoms with Crippen molar-refractivity contribution in [3.05, 3.63) is 40.4 Å². The maximum Gasteiger partial charge on any atom is 0.261 e. The SMILES string of the molecule is CCCn1c([C@@H](C)NCCN(C)C)nc2ccccc2c1=O. The zero-order valence-electron chi connectivity index (χ0n) is 14.0. The first kappa shape index (κ1) is 16.6. The number of fused-ring (bicyclic) bond motifs is 1. The Labute approximate surface area is 132 Å². The molecule has 2 aromatic rings. The van der Waals surface area contributed by atoms with Gasteiger partial charge in [-0.15, -0.1) is 0 Å². The summed E-state index contributed by atoms with van der Waals surface area (Å²) in [6, 6.07) is 7.62. The van der Waals surface area contributed by atoms with Crippen molar-refractivity contribution in [1.29, 1.82) is 0 Å². The Morgan fingerprint density at radius 3 is 2.73 bits per heavy atom. The maximum atomic E-state index is 12.7. The number of hydrogen-bond acceptors (Lipinski definition) is 4. The first-order chi connectivity index (χ1) is 10.5. The van der Waals surface area contributed by atoms with Crippen LogP contribution in [0.5, 0.6) is 0 Å². The molecule has 0 aliphatic rings. The van der Waals surface area contributed by atoms with Gasteiger partial charge in [-0.1, -0.05) is 19.1 Å². The van der Waals surface area contributed by atoms with Crippen LogP contribution in [-0.4, -0.2) is 41.6 Å². The highest BCUT2D eigenvalue weighted by atomic mass is 16.1. The van der Waals surface area contributed by atoms with Crippen molar-refractivity contribution in [2.45, 2.75) is 32.9 Å². The van der Waals surface area contributed by atoms with Crippen molar-refractivity contribution < 1.29 is 0 Å². The lowest BCUT2D eigenvalue weighted by Gasteiger charge is -2.20. The predicted molar refractivity (Wildman–Crippen MR) is 91.3 cm³/mol. The molecule has 5 heteroatoms. The fourth-order valence-corrected chi connectivity index (χ4v) is 2.55. The normalized spacial score (nSPS) is 13.0. The molecule has 2 rings (SSSR count). The predicted octanol–water partition coefficient (Wildman–Crippen LogP) is 2.02. The Kier molecular flexibility index (Phi) is 5.69. The van der Waals surface area contributed by atoms with Crippen LogP contribution in [0.2, 0.25) is 0 Å². The Balaban J connectivity index is 2.38. The van der Waals surface area contributed by atoms with Gasteiger partial charge in [-0.05, 0) is 39.6 Å². The van der Waals surface area contributed by atoms with Crippen molar-refractivity contribution in [3.63, 3.8) is 0 Å². The zero-order chi connectivity index (χ0) is 16.1. The Hall–Kier alpha value is -1.72. The third kappa shape index (κ3) is 3.72. The molecule has 0 fully saturated rings. The third-order valence-electron chi connectivity index (χ3n) is 3.74. The van der Waals surface area contributed by atoms with Crippen LogP contribution < -0.4 is 10.9 Å². The third-order valence-corrected chi connectivity index (χ3v) is 3.74. The Morgan fingerprint density at radius 2 is 2.05 bits per heavy atom. The summed E-state index contributed by atoms with van der Waals surface area (Å²) in [5.41, 5.74) is 0.833. The fourth-order valence-electron chi connectivity index (χ4n) is 2.55. The second-order valence-electron chi connectivity index (χ2n) is 5.92. The van der Waals surface area contributed by atoms with Crippen molar-refractivity contribution >= 4 is 10.9 Å². The quantitative estimate of drug-likeness (QED) is 0.850. The molecule has 1 heterocycles. The molecule has 0 radical (unpaired) electrons.